The Morgan fingerprint density at radius 2 is 2.00 bits per heavy atom. The number of hydrogen-bond acceptors (Lipinski definition) is 2. The van der Waals surface area contributed by atoms with E-state index < -0.39 is 23.3 Å². The zero-order valence-corrected chi connectivity index (χ0v) is 7.08. The minimum atomic E-state index is -2.74. The Labute approximate surface area is 70.2 Å². The Bertz CT molecular complexity index is 78.4. The molecule has 0 aliphatic carbocycles. The molecule has 1 atom stereocenters. The molecule has 0 heterocycles. The van der Waals surface area contributed by atoms with Gasteiger partial charge in [-0.25, -0.2) is 8.78 Å². The summed E-state index contributed by atoms with van der Waals surface area (Å²) in [5, 5.41) is 0. The van der Waals surface area contributed by atoms with Crippen molar-refractivity contribution in [3.05, 3.63) is 0 Å². The minimum Gasteiger partial charge on any atom is -0.772 e. The fourth-order valence-corrected chi connectivity index (χ4v) is 0.309. The van der Waals surface area contributed by atoms with Crippen LogP contribution in [0.1, 0.15) is 0 Å². The van der Waals surface area contributed by atoms with E-state index in [1.165, 1.54) is 0 Å². The van der Waals surface area contributed by atoms with Crippen molar-refractivity contribution in [2.24, 2.45) is 0 Å². The van der Waals surface area contributed by atoms with Gasteiger partial charge in [0, 0.05) is 0 Å². The molecular formula is C2H3F2NaO2S. The second-order valence-corrected chi connectivity index (χ2v) is 1.80. The van der Waals surface area contributed by atoms with Crippen LogP contribution in [0.25, 0.3) is 0 Å². The minimum absolute atomic E-state index is 0. The fraction of sp³-hybridized carbons (Fsp3) is 1.00. The molecule has 0 fully saturated rings. The van der Waals surface area contributed by atoms with E-state index in [0.717, 1.165) is 0 Å². The molecule has 44 valence electrons. The summed E-state index contributed by atoms with van der Waals surface area (Å²) >= 11 is -2.60. The molecule has 0 radical (unpaired) electrons. The number of halogens is 2. The first-order valence-electron chi connectivity index (χ1n) is 1.47. The van der Waals surface area contributed by atoms with E-state index in [-0.39, 0.29) is 29.6 Å². The molecule has 8 heavy (non-hydrogen) atoms. The molecule has 6 heteroatoms. The van der Waals surface area contributed by atoms with Gasteiger partial charge in [-0.3, -0.25) is 4.21 Å². The maximum absolute atomic E-state index is 10.9. The molecule has 0 aromatic heterocycles. The van der Waals surface area contributed by atoms with E-state index in [0.29, 0.717) is 0 Å². The topological polar surface area (TPSA) is 40.1 Å². The number of rotatable bonds is 2. The summed E-state index contributed by atoms with van der Waals surface area (Å²) in [5.74, 6) is -1.06. The van der Waals surface area contributed by atoms with Crippen LogP contribution in [0.5, 0.6) is 0 Å². The van der Waals surface area contributed by atoms with Gasteiger partial charge in [0.05, 0.1) is 5.75 Å². The molecule has 2 nitrogen and oxygen atoms in total. The predicted octanol–water partition coefficient (Wildman–Crippen LogP) is -2.87. The van der Waals surface area contributed by atoms with Crippen molar-refractivity contribution >= 4 is 11.1 Å². The van der Waals surface area contributed by atoms with Crippen molar-refractivity contribution in [1.29, 1.82) is 0 Å². The van der Waals surface area contributed by atoms with Crippen LogP contribution in [0.4, 0.5) is 8.78 Å². The zero-order chi connectivity index (χ0) is 5.86. The standard InChI is InChI=1S/C2H4F2O2S.Na/c3-2(4)1-7(5)6;/h2H,1H2,(H,5,6);/q;+1/p-1. The summed E-state index contributed by atoms with van der Waals surface area (Å²) < 4.78 is 40.4. The maximum atomic E-state index is 10.9. The Morgan fingerprint density at radius 1 is 1.62 bits per heavy atom. The van der Waals surface area contributed by atoms with Gasteiger partial charge in [-0.1, -0.05) is 0 Å². The zero-order valence-electron chi connectivity index (χ0n) is 4.27. The van der Waals surface area contributed by atoms with Gasteiger partial charge in [-0.15, -0.1) is 0 Å². The summed E-state index contributed by atoms with van der Waals surface area (Å²) in [6.07, 6.45) is -2.74. The van der Waals surface area contributed by atoms with Gasteiger partial charge in [-0.2, -0.15) is 0 Å². The quantitative estimate of drug-likeness (QED) is 0.315. The average Bonchev–Trinajstić information content (AvgIpc) is 1.27. The second-order valence-electron chi connectivity index (χ2n) is 0.861. The Balaban J connectivity index is 0. The van der Waals surface area contributed by atoms with E-state index in [1.807, 2.05) is 0 Å². The van der Waals surface area contributed by atoms with Gasteiger partial charge in [0.2, 0.25) is 6.43 Å². The van der Waals surface area contributed by atoms with Gasteiger partial charge in [-0.05, 0) is 11.1 Å². The van der Waals surface area contributed by atoms with E-state index >= 15 is 0 Å². The molecule has 0 aromatic rings. The van der Waals surface area contributed by atoms with Crippen molar-refractivity contribution in [1.82, 2.24) is 0 Å². The third kappa shape index (κ3) is 10.1. The Kier molecular flexibility index (Phi) is 8.94. The van der Waals surface area contributed by atoms with Gasteiger partial charge < -0.3 is 4.55 Å². The Hall–Kier alpha value is 0.970. The first-order chi connectivity index (χ1) is 3.13. The van der Waals surface area contributed by atoms with Crippen molar-refractivity contribution in [2.45, 2.75) is 6.43 Å². The number of hydrogen-bond donors (Lipinski definition) is 0. The first kappa shape index (κ1) is 11.7. The molecule has 0 aliphatic rings. The van der Waals surface area contributed by atoms with Crippen LogP contribution in [-0.2, 0) is 11.1 Å². The summed E-state index contributed by atoms with van der Waals surface area (Å²) in [5.41, 5.74) is 0. The molecule has 1 unspecified atom stereocenters. The summed E-state index contributed by atoms with van der Waals surface area (Å²) in [4.78, 5) is 0. The molecule has 0 saturated heterocycles. The van der Waals surface area contributed by atoms with Crippen molar-refractivity contribution in [3.63, 3.8) is 0 Å². The van der Waals surface area contributed by atoms with Crippen molar-refractivity contribution in [2.75, 3.05) is 5.75 Å². The smallest absolute Gasteiger partial charge is 0.772 e. The van der Waals surface area contributed by atoms with E-state index in [1.54, 1.807) is 0 Å². The van der Waals surface area contributed by atoms with Crippen LogP contribution in [0.3, 0.4) is 0 Å². The molecule has 0 aliphatic heterocycles. The fourth-order valence-electron chi connectivity index (χ4n) is 0.103. The third-order valence-corrected chi connectivity index (χ3v) is 0.786. The van der Waals surface area contributed by atoms with Crippen LogP contribution in [0.15, 0.2) is 0 Å². The molecule has 0 N–H and O–H groups in total. The van der Waals surface area contributed by atoms with Crippen LogP contribution in [0, 0.1) is 0 Å². The average molecular weight is 152 g/mol. The summed E-state index contributed by atoms with van der Waals surface area (Å²) in [7, 11) is 0. The predicted molar refractivity (Wildman–Crippen MR) is 19.8 cm³/mol. The van der Waals surface area contributed by atoms with Gasteiger partial charge in [0.25, 0.3) is 0 Å². The Morgan fingerprint density at radius 3 is 2.00 bits per heavy atom. The summed E-state index contributed by atoms with van der Waals surface area (Å²) in [6.45, 7) is 0. The van der Waals surface area contributed by atoms with Gasteiger partial charge in [0.1, 0.15) is 0 Å². The van der Waals surface area contributed by atoms with Crippen LogP contribution >= 0.6 is 0 Å². The van der Waals surface area contributed by atoms with Crippen molar-refractivity contribution < 1.29 is 47.1 Å². The maximum Gasteiger partial charge on any atom is 1.00 e. The second kappa shape index (κ2) is 6.10. The monoisotopic (exact) mass is 152 g/mol. The van der Waals surface area contributed by atoms with E-state index in [4.69, 9.17) is 0 Å². The van der Waals surface area contributed by atoms with Crippen molar-refractivity contribution in [3.8, 4) is 0 Å². The molecule has 0 amide bonds. The van der Waals surface area contributed by atoms with Crippen LogP contribution < -0.4 is 29.6 Å². The molecule has 0 aromatic carbocycles. The molecule has 0 saturated carbocycles. The van der Waals surface area contributed by atoms with E-state index in [9.17, 15) is 17.5 Å². The molecule has 0 spiro atoms. The molecular weight excluding hydrogens is 149 g/mol. The molecule has 0 rings (SSSR count). The summed E-state index contributed by atoms with van der Waals surface area (Å²) in [6, 6.07) is 0. The van der Waals surface area contributed by atoms with Gasteiger partial charge >= 0.3 is 29.6 Å². The normalized spacial score (nSPS) is 13.0. The van der Waals surface area contributed by atoms with E-state index in [2.05, 4.69) is 0 Å². The SMILES string of the molecule is O=S([O-])CC(F)F.[Na+]. The third-order valence-electron chi connectivity index (χ3n) is 0.262. The molecule has 0 bridgehead atoms. The largest absolute Gasteiger partial charge is 1.00 e. The van der Waals surface area contributed by atoms with Crippen LogP contribution in [0.2, 0.25) is 0 Å². The number of alkyl halides is 2. The van der Waals surface area contributed by atoms with Gasteiger partial charge in [0.15, 0.2) is 0 Å². The van der Waals surface area contributed by atoms with Crippen LogP contribution in [-0.4, -0.2) is 20.9 Å². The first-order valence-corrected chi connectivity index (χ1v) is 2.71.